The highest BCUT2D eigenvalue weighted by atomic mass is 32.2. The van der Waals surface area contributed by atoms with Crippen LogP contribution in [0.15, 0.2) is 63.2 Å². The van der Waals surface area contributed by atoms with Crippen molar-refractivity contribution in [3.8, 4) is 0 Å². The third kappa shape index (κ3) is 5.16. The number of rotatable bonds is 6. The summed E-state index contributed by atoms with van der Waals surface area (Å²) in [4.78, 5) is 16.7. The van der Waals surface area contributed by atoms with E-state index in [1.807, 2.05) is 6.07 Å². The summed E-state index contributed by atoms with van der Waals surface area (Å²) in [6, 6.07) is 10.5. The molecule has 1 amide bonds. The number of benzene rings is 1. The number of amidine groups is 1. The lowest BCUT2D eigenvalue weighted by Crippen LogP contribution is -2.38. The van der Waals surface area contributed by atoms with Crippen molar-refractivity contribution in [3.63, 3.8) is 0 Å². The normalized spacial score (nSPS) is 17.9. The van der Waals surface area contributed by atoms with Gasteiger partial charge in [-0.25, -0.2) is 5.01 Å². The first-order valence-corrected chi connectivity index (χ1v) is 11.9. The molecule has 1 aromatic carbocycles. The Labute approximate surface area is 182 Å². The smallest absolute Gasteiger partial charge is 0.285 e. The number of fused-ring (bicyclic) bond motifs is 1. The molecular formula is C22H25N5O3S. The fraction of sp³-hybridized carbons (Fsp3) is 0.364. The molecule has 2 aromatic rings. The van der Waals surface area contributed by atoms with Gasteiger partial charge in [0, 0.05) is 36.0 Å². The van der Waals surface area contributed by atoms with Crippen molar-refractivity contribution >= 4 is 28.0 Å². The number of nitrogens with zero attached hydrogens (tertiary/aromatic N) is 4. The van der Waals surface area contributed by atoms with Gasteiger partial charge in [-0.1, -0.05) is 37.5 Å². The molecule has 1 N–H and O–H groups in total. The van der Waals surface area contributed by atoms with E-state index in [9.17, 15) is 13.2 Å². The van der Waals surface area contributed by atoms with Gasteiger partial charge >= 0.3 is 0 Å². The Morgan fingerprint density at radius 1 is 1.16 bits per heavy atom. The van der Waals surface area contributed by atoms with Gasteiger partial charge in [-0.05, 0) is 31.0 Å². The lowest BCUT2D eigenvalue weighted by molar-refractivity contribution is -0.122. The third-order valence-corrected chi connectivity index (χ3v) is 6.73. The van der Waals surface area contributed by atoms with E-state index in [0.29, 0.717) is 5.56 Å². The van der Waals surface area contributed by atoms with E-state index in [-0.39, 0.29) is 35.6 Å². The molecule has 1 aromatic heterocycles. The number of nitrogens with one attached hydrogen (secondary N) is 1. The van der Waals surface area contributed by atoms with Crippen LogP contribution in [0.25, 0.3) is 0 Å². The van der Waals surface area contributed by atoms with Gasteiger partial charge in [0.1, 0.15) is 4.90 Å². The first kappa shape index (κ1) is 21.2. The van der Waals surface area contributed by atoms with Gasteiger partial charge in [0.25, 0.3) is 10.0 Å². The number of hydrogen-bond acceptors (Lipinski definition) is 6. The molecule has 1 aliphatic carbocycles. The molecule has 0 radical (unpaired) electrons. The van der Waals surface area contributed by atoms with Crippen molar-refractivity contribution in [2.45, 2.75) is 49.5 Å². The van der Waals surface area contributed by atoms with Crippen LogP contribution >= 0.6 is 0 Å². The van der Waals surface area contributed by atoms with Crippen LogP contribution < -0.4 is 5.32 Å². The number of pyridine rings is 1. The summed E-state index contributed by atoms with van der Waals surface area (Å²) in [5, 5.41) is 9.02. The minimum absolute atomic E-state index is 0.0665. The van der Waals surface area contributed by atoms with Crippen molar-refractivity contribution in [2.24, 2.45) is 9.50 Å². The van der Waals surface area contributed by atoms with Crippen LogP contribution in [0.2, 0.25) is 0 Å². The predicted molar refractivity (Wildman–Crippen MR) is 118 cm³/mol. The van der Waals surface area contributed by atoms with Crippen molar-refractivity contribution in [3.05, 3.63) is 59.9 Å². The second-order valence-electron chi connectivity index (χ2n) is 7.69. The Balaban J connectivity index is 1.54. The minimum Gasteiger partial charge on any atom is -0.353 e. The summed E-state index contributed by atoms with van der Waals surface area (Å²) in [7, 11) is -3.78. The van der Waals surface area contributed by atoms with Gasteiger partial charge in [-0.2, -0.15) is 13.5 Å². The molecule has 1 saturated carbocycles. The summed E-state index contributed by atoms with van der Waals surface area (Å²) < 4.78 is 28.9. The van der Waals surface area contributed by atoms with Crippen LogP contribution in [0.3, 0.4) is 0 Å². The van der Waals surface area contributed by atoms with Gasteiger partial charge in [-0.3, -0.25) is 9.78 Å². The topological polar surface area (TPSA) is 104 Å². The fourth-order valence-corrected chi connectivity index (χ4v) is 5.04. The molecule has 0 bridgehead atoms. The average Bonchev–Trinajstić information content (AvgIpc) is 3.06. The van der Waals surface area contributed by atoms with E-state index in [0.717, 1.165) is 31.2 Å². The predicted octanol–water partition coefficient (Wildman–Crippen LogP) is 2.71. The molecule has 4 rings (SSSR count). The molecule has 8 nitrogen and oxygen atoms in total. The van der Waals surface area contributed by atoms with Gasteiger partial charge in [-0.15, -0.1) is 4.40 Å². The number of aromatic nitrogens is 1. The SMILES string of the molecule is O=C(CCN(/N=C\c1cccnc1)C1=NS(=O)(=O)c2ccccc21)NC1CCCCC1. The number of hydrogen-bond donors (Lipinski definition) is 1. The maximum absolute atomic E-state index is 12.5. The van der Waals surface area contributed by atoms with E-state index in [4.69, 9.17) is 0 Å². The second-order valence-corrected chi connectivity index (χ2v) is 9.27. The van der Waals surface area contributed by atoms with Crippen LogP contribution in [-0.2, 0) is 14.8 Å². The Morgan fingerprint density at radius 2 is 1.97 bits per heavy atom. The average molecular weight is 440 g/mol. The largest absolute Gasteiger partial charge is 0.353 e. The van der Waals surface area contributed by atoms with Crippen LogP contribution in [0, 0.1) is 0 Å². The number of carbonyl (C=O) groups is 1. The van der Waals surface area contributed by atoms with Crippen molar-refractivity contribution < 1.29 is 13.2 Å². The van der Waals surface area contributed by atoms with E-state index in [1.165, 1.54) is 17.5 Å². The summed E-state index contributed by atoms with van der Waals surface area (Å²) in [6.07, 6.45) is 10.6. The van der Waals surface area contributed by atoms with Crippen molar-refractivity contribution in [1.29, 1.82) is 0 Å². The number of carbonyl (C=O) groups excluding carboxylic acids is 1. The molecule has 9 heteroatoms. The van der Waals surface area contributed by atoms with Gasteiger partial charge in [0.2, 0.25) is 5.91 Å². The summed E-state index contributed by atoms with van der Waals surface area (Å²) in [6.45, 7) is 0.206. The van der Waals surface area contributed by atoms with Crippen LogP contribution in [0.5, 0.6) is 0 Å². The molecule has 0 unspecified atom stereocenters. The first-order chi connectivity index (χ1) is 15.0. The van der Waals surface area contributed by atoms with E-state index in [1.54, 1.807) is 42.9 Å². The zero-order valence-corrected chi connectivity index (χ0v) is 18.0. The Morgan fingerprint density at radius 3 is 2.74 bits per heavy atom. The Kier molecular flexibility index (Phi) is 6.41. The first-order valence-electron chi connectivity index (χ1n) is 10.5. The van der Waals surface area contributed by atoms with E-state index < -0.39 is 10.0 Å². The van der Waals surface area contributed by atoms with Crippen LogP contribution in [-0.4, -0.2) is 49.0 Å². The van der Waals surface area contributed by atoms with E-state index in [2.05, 4.69) is 19.8 Å². The maximum Gasteiger partial charge on any atom is 0.285 e. The molecule has 0 saturated heterocycles. The third-order valence-electron chi connectivity index (χ3n) is 5.41. The lowest BCUT2D eigenvalue weighted by atomic mass is 9.95. The monoisotopic (exact) mass is 439 g/mol. The molecule has 31 heavy (non-hydrogen) atoms. The molecule has 2 aliphatic rings. The standard InChI is InChI=1S/C22H25N5O3S/c28-21(25-18-8-2-1-3-9-18)12-14-27(24-16-17-7-6-13-23-15-17)22-19-10-4-5-11-20(19)31(29,30)26-22/h4-7,10-11,13,15-16,18H,1-3,8-9,12,14H2,(H,25,28)/b24-16-. The van der Waals surface area contributed by atoms with Crippen molar-refractivity contribution in [2.75, 3.05) is 6.54 Å². The zero-order valence-electron chi connectivity index (χ0n) is 17.1. The molecule has 1 aliphatic heterocycles. The number of amides is 1. The maximum atomic E-state index is 12.5. The molecular weight excluding hydrogens is 414 g/mol. The highest BCUT2D eigenvalue weighted by Crippen LogP contribution is 2.27. The van der Waals surface area contributed by atoms with Gasteiger partial charge in [0.15, 0.2) is 5.84 Å². The summed E-state index contributed by atoms with van der Waals surface area (Å²) in [5.74, 6) is 0.157. The quantitative estimate of drug-likeness (QED) is 0.550. The molecule has 2 heterocycles. The fourth-order valence-electron chi connectivity index (χ4n) is 3.84. The highest BCUT2D eigenvalue weighted by Gasteiger charge is 2.32. The molecule has 0 atom stereocenters. The Hall–Kier alpha value is -3.07. The highest BCUT2D eigenvalue weighted by molar-refractivity contribution is 7.90. The second kappa shape index (κ2) is 9.38. The summed E-state index contributed by atoms with van der Waals surface area (Å²) >= 11 is 0. The van der Waals surface area contributed by atoms with Crippen molar-refractivity contribution in [1.82, 2.24) is 15.3 Å². The molecule has 1 fully saturated rings. The number of sulfonamides is 1. The molecule has 162 valence electrons. The van der Waals surface area contributed by atoms with Crippen LogP contribution in [0.1, 0.15) is 49.7 Å². The zero-order chi connectivity index (χ0) is 21.7. The number of hydrazone groups is 1. The molecule has 0 spiro atoms. The van der Waals surface area contributed by atoms with E-state index >= 15 is 0 Å². The lowest BCUT2D eigenvalue weighted by Gasteiger charge is -2.24. The van der Waals surface area contributed by atoms with Crippen LogP contribution in [0.4, 0.5) is 0 Å². The summed E-state index contributed by atoms with van der Waals surface area (Å²) in [5.41, 5.74) is 1.24. The van der Waals surface area contributed by atoms with Gasteiger partial charge < -0.3 is 5.32 Å². The Bertz CT molecular complexity index is 1090. The minimum atomic E-state index is -3.78. The van der Waals surface area contributed by atoms with Gasteiger partial charge in [0.05, 0.1) is 12.8 Å².